The summed E-state index contributed by atoms with van der Waals surface area (Å²) in [5.74, 6) is 0.402. The van der Waals surface area contributed by atoms with E-state index >= 15 is 0 Å². The van der Waals surface area contributed by atoms with Gasteiger partial charge < -0.3 is 34.9 Å². The molecule has 0 aliphatic carbocycles. The molecule has 0 aromatic carbocycles. The molecule has 0 bridgehead atoms. The number of nitrogen functional groups attached to an aromatic ring is 2. The summed E-state index contributed by atoms with van der Waals surface area (Å²) in [7, 11) is -3.63. The minimum atomic E-state index is -3.63. The van der Waals surface area contributed by atoms with E-state index in [1.165, 1.54) is 89.5 Å². The molecule has 4 N–H and O–H groups in total. The number of hydrogen-bond donors (Lipinski definition) is 2. The van der Waals surface area contributed by atoms with Crippen LogP contribution in [0.5, 0.6) is 5.88 Å². The van der Waals surface area contributed by atoms with Crippen LogP contribution in [0.15, 0.2) is 18.2 Å². The van der Waals surface area contributed by atoms with Crippen LogP contribution in [0.25, 0.3) is 0 Å². The van der Waals surface area contributed by atoms with Gasteiger partial charge in [0.15, 0.2) is 0 Å². The molecule has 0 fully saturated rings. The van der Waals surface area contributed by atoms with E-state index in [4.69, 9.17) is 39.5 Å². The van der Waals surface area contributed by atoms with Crippen LogP contribution in [0.2, 0.25) is 0 Å². The second kappa shape index (κ2) is 26.8. The Balaban J connectivity index is 2.21. The molecular formula is C32H59N4O8P. The lowest BCUT2D eigenvalue weighted by molar-refractivity contribution is -0.0130. The normalized spacial score (nSPS) is 12.9. The van der Waals surface area contributed by atoms with E-state index < -0.39 is 20.5 Å². The number of nitrogens with two attached hydrogens (primary N) is 2. The van der Waals surface area contributed by atoms with E-state index in [2.05, 4.69) is 16.9 Å². The molecule has 1 unspecified atom stereocenters. The van der Waals surface area contributed by atoms with Gasteiger partial charge in [0, 0.05) is 19.3 Å². The summed E-state index contributed by atoms with van der Waals surface area (Å²) < 4.78 is 45.1. The lowest BCUT2D eigenvalue weighted by Gasteiger charge is -2.17. The second-order valence-corrected chi connectivity index (χ2v) is 13.4. The van der Waals surface area contributed by atoms with E-state index in [1.54, 1.807) is 26.0 Å². The van der Waals surface area contributed by atoms with Crippen LogP contribution < -0.4 is 16.2 Å². The third-order valence-corrected chi connectivity index (χ3v) is 8.42. The maximum Gasteiger partial charge on any atom is 0.510 e. The maximum atomic E-state index is 13.3. The molecule has 0 radical (unpaired) electrons. The fourth-order valence-corrected chi connectivity index (χ4v) is 5.64. The molecule has 1 aromatic rings. The summed E-state index contributed by atoms with van der Waals surface area (Å²) in [5, 5.41) is 0. The molecule has 1 atom stereocenters. The van der Waals surface area contributed by atoms with Crippen molar-refractivity contribution in [3.8, 4) is 5.88 Å². The summed E-state index contributed by atoms with van der Waals surface area (Å²) in [4.78, 5) is 19.3. The zero-order chi connectivity index (χ0) is 33.0. The number of rotatable bonds is 29. The van der Waals surface area contributed by atoms with Crippen molar-refractivity contribution in [3.05, 3.63) is 18.2 Å². The van der Waals surface area contributed by atoms with Crippen molar-refractivity contribution in [1.29, 1.82) is 0 Å². The van der Waals surface area contributed by atoms with Gasteiger partial charge in [-0.15, -0.1) is 0 Å². The molecule has 0 saturated heterocycles. The number of anilines is 2. The van der Waals surface area contributed by atoms with Crippen molar-refractivity contribution < 1.29 is 37.4 Å². The average Bonchev–Trinajstić information content (AvgIpc) is 2.97. The highest BCUT2D eigenvalue weighted by Gasteiger charge is 2.24. The number of ether oxygens (including phenoxy) is 4. The van der Waals surface area contributed by atoms with Crippen molar-refractivity contribution in [2.75, 3.05) is 50.8 Å². The minimum absolute atomic E-state index is 0.000147. The molecule has 0 amide bonds. The zero-order valence-electron chi connectivity index (χ0n) is 27.9. The van der Waals surface area contributed by atoms with Crippen molar-refractivity contribution >= 4 is 25.5 Å². The molecule has 45 heavy (non-hydrogen) atoms. The van der Waals surface area contributed by atoms with Crippen molar-refractivity contribution in [2.45, 2.75) is 123 Å². The van der Waals surface area contributed by atoms with Crippen molar-refractivity contribution in [2.24, 2.45) is 0 Å². The van der Waals surface area contributed by atoms with Gasteiger partial charge in [-0.25, -0.2) is 4.79 Å². The van der Waals surface area contributed by atoms with Gasteiger partial charge in [0.25, 0.3) is 0 Å². The monoisotopic (exact) mass is 658 g/mol. The minimum Gasteiger partial charge on any atom is -0.473 e. The topological polar surface area (TPSA) is 167 Å². The van der Waals surface area contributed by atoms with Crippen LogP contribution >= 0.6 is 7.60 Å². The molecule has 1 heterocycles. The van der Waals surface area contributed by atoms with Crippen molar-refractivity contribution in [3.63, 3.8) is 0 Å². The largest absolute Gasteiger partial charge is 0.510 e. The SMILES string of the molecule is CCCCCCCCCCCCCCCCOCCCOP(=O)(C/C=C/COc1cc(N)nc(N)n1)OCOC(=O)OC(C)C. The molecule has 1 rings (SSSR count). The van der Waals surface area contributed by atoms with Gasteiger partial charge in [-0.05, 0) is 26.7 Å². The summed E-state index contributed by atoms with van der Waals surface area (Å²) >= 11 is 0. The summed E-state index contributed by atoms with van der Waals surface area (Å²) in [6.45, 7) is 6.54. The van der Waals surface area contributed by atoms with E-state index in [0.717, 1.165) is 6.42 Å². The van der Waals surface area contributed by atoms with Gasteiger partial charge in [0.1, 0.15) is 12.4 Å². The molecule has 0 saturated carbocycles. The molecule has 260 valence electrons. The first kappa shape index (κ1) is 40.6. The number of hydrogen-bond acceptors (Lipinski definition) is 12. The van der Waals surface area contributed by atoms with Gasteiger partial charge >= 0.3 is 13.8 Å². The van der Waals surface area contributed by atoms with E-state index in [-0.39, 0.29) is 43.1 Å². The Morgan fingerprint density at radius 1 is 0.822 bits per heavy atom. The lowest BCUT2D eigenvalue weighted by Crippen LogP contribution is -2.15. The fraction of sp³-hybridized carbons (Fsp3) is 0.781. The van der Waals surface area contributed by atoms with Crippen LogP contribution in [0.1, 0.15) is 117 Å². The van der Waals surface area contributed by atoms with Crippen molar-refractivity contribution in [1.82, 2.24) is 9.97 Å². The second-order valence-electron chi connectivity index (χ2n) is 11.3. The third-order valence-electron chi connectivity index (χ3n) is 6.68. The maximum absolute atomic E-state index is 13.3. The molecule has 13 heteroatoms. The van der Waals surface area contributed by atoms with Gasteiger partial charge in [0.2, 0.25) is 18.6 Å². The van der Waals surface area contributed by atoms with Crippen LogP contribution in [0.4, 0.5) is 16.6 Å². The van der Waals surface area contributed by atoms with Gasteiger partial charge in [-0.1, -0.05) is 103 Å². The number of aromatic nitrogens is 2. The number of nitrogens with zero attached hydrogens (tertiary/aromatic N) is 2. The summed E-state index contributed by atoms with van der Waals surface area (Å²) in [6.07, 6.45) is 20.9. The summed E-state index contributed by atoms with van der Waals surface area (Å²) in [6, 6.07) is 1.44. The highest BCUT2D eigenvalue weighted by atomic mass is 31.2. The quantitative estimate of drug-likeness (QED) is 0.0279. The predicted molar refractivity (Wildman–Crippen MR) is 178 cm³/mol. The van der Waals surface area contributed by atoms with Crippen LogP contribution in [-0.2, 0) is 27.8 Å². The molecule has 12 nitrogen and oxygen atoms in total. The highest BCUT2D eigenvalue weighted by Crippen LogP contribution is 2.48. The zero-order valence-corrected chi connectivity index (χ0v) is 28.8. The van der Waals surface area contributed by atoms with Gasteiger partial charge in [-0.2, -0.15) is 9.97 Å². The molecular weight excluding hydrogens is 599 g/mol. The Morgan fingerprint density at radius 2 is 1.42 bits per heavy atom. The Morgan fingerprint density at radius 3 is 2.02 bits per heavy atom. The number of unbranched alkanes of at least 4 members (excludes halogenated alkanes) is 13. The number of carbonyl (C=O) groups is 1. The Hall–Kier alpha value is -2.40. The third kappa shape index (κ3) is 24.5. The standard InChI is InChI=1S/C32H59N4O8P/c1-4-5-6-7-8-9-10-11-12-13-14-15-16-17-21-39-22-20-24-42-45(38,43-27-41-32(37)44-28(2)3)25-19-18-23-40-30-26-29(33)35-31(34)36-30/h18-19,26,28H,4-17,20-25,27H2,1-3H3,(H4,33,34,35,36)/b19-18+. The molecule has 0 spiro atoms. The van der Waals surface area contributed by atoms with Crippen LogP contribution in [-0.4, -0.2) is 61.6 Å². The highest BCUT2D eigenvalue weighted by molar-refractivity contribution is 7.54. The van der Waals surface area contributed by atoms with E-state index in [0.29, 0.717) is 19.6 Å². The molecule has 1 aromatic heterocycles. The first-order valence-electron chi connectivity index (χ1n) is 16.7. The smallest absolute Gasteiger partial charge is 0.473 e. The first-order chi connectivity index (χ1) is 21.7. The fourth-order valence-electron chi connectivity index (χ4n) is 4.33. The molecule has 0 aliphatic heterocycles. The predicted octanol–water partition coefficient (Wildman–Crippen LogP) is 8.21. The Bertz CT molecular complexity index is 947. The van der Waals surface area contributed by atoms with Crippen LogP contribution in [0, 0.1) is 0 Å². The van der Waals surface area contributed by atoms with Gasteiger partial charge in [0.05, 0.1) is 18.9 Å². The Kier molecular flexibility index (Phi) is 24.2. The van der Waals surface area contributed by atoms with Crippen LogP contribution in [0.3, 0.4) is 0 Å². The van der Waals surface area contributed by atoms with Gasteiger partial charge in [-0.3, -0.25) is 9.09 Å². The summed E-state index contributed by atoms with van der Waals surface area (Å²) in [5.41, 5.74) is 11.2. The molecule has 0 aliphatic rings. The lowest BCUT2D eigenvalue weighted by atomic mass is 10.0. The number of carbonyl (C=O) groups excluding carboxylic acids is 1. The Labute approximate surface area is 270 Å². The average molecular weight is 659 g/mol. The van der Waals surface area contributed by atoms with E-state index in [9.17, 15) is 9.36 Å². The number of allylic oxidation sites excluding steroid dienone is 1. The van der Waals surface area contributed by atoms with E-state index in [1.807, 2.05) is 0 Å². The first-order valence-corrected chi connectivity index (χ1v) is 18.4.